The number of carboxylic acid groups (broad SMARTS) is 1. The molecule has 0 saturated carbocycles. The number of carbonyl (C=O) groups is 2. The van der Waals surface area contributed by atoms with Crippen molar-refractivity contribution in [3.8, 4) is 5.75 Å². The molecule has 2 rings (SSSR count). The monoisotopic (exact) mass is 327 g/mol. The zero-order chi connectivity index (χ0) is 17.7. The fourth-order valence-electron chi connectivity index (χ4n) is 2.55. The van der Waals surface area contributed by atoms with Crippen LogP contribution in [0.25, 0.3) is 0 Å². The van der Waals surface area contributed by atoms with E-state index in [1.165, 1.54) is 12.1 Å². The van der Waals surface area contributed by atoms with E-state index in [1.54, 1.807) is 12.1 Å². The van der Waals surface area contributed by atoms with Crippen LogP contribution in [0.3, 0.4) is 0 Å². The number of aryl methyl sites for hydroxylation is 3. The number of carbonyl (C=O) groups excluding carboxylic acids is 1. The molecule has 0 aliphatic rings. The smallest absolute Gasteiger partial charge is 0.335 e. The predicted molar refractivity (Wildman–Crippen MR) is 91.4 cm³/mol. The van der Waals surface area contributed by atoms with Crippen LogP contribution >= 0.6 is 0 Å². The quantitative estimate of drug-likeness (QED) is 0.855. The zero-order valence-electron chi connectivity index (χ0n) is 14.1. The molecule has 0 aliphatic carbocycles. The number of aromatic carboxylic acids is 1. The SMILES string of the molecule is Cc1cc(C)c(OCC(=O)NCc2ccc(C(=O)O)cc2)c(C)c1. The van der Waals surface area contributed by atoms with E-state index in [2.05, 4.69) is 5.32 Å². The van der Waals surface area contributed by atoms with E-state index >= 15 is 0 Å². The number of rotatable bonds is 6. The molecule has 0 atom stereocenters. The lowest BCUT2D eigenvalue weighted by Crippen LogP contribution is -2.28. The van der Waals surface area contributed by atoms with Crippen molar-refractivity contribution >= 4 is 11.9 Å². The van der Waals surface area contributed by atoms with Gasteiger partial charge in [0.1, 0.15) is 5.75 Å². The van der Waals surface area contributed by atoms with Crippen LogP contribution in [0, 0.1) is 20.8 Å². The van der Waals surface area contributed by atoms with Crippen molar-refractivity contribution in [1.82, 2.24) is 5.32 Å². The number of benzene rings is 2. The van der Waals surface area contributed by atoms with E-state index in [0.717, 1.165) is 28.0 Å². The molecule has 0 unspecified atom stereocenters. The topological polar surface area (TPSA) is 75.6 Å². The van der Waals surface area contributed by atoms with Gasteiger partial charge in [0, 0.05) is 6.54 Å². The second-order valence-corrected chi connectivity index (χ2v) is 5.80. The Morgan fingerprint density at radius 3 is 2.17 bits per heavy atom. The van der Waals surface area contributed by atoms with E-state index in [9.17, 15) is 9.59 Å². The molecule has 24 heavy (non-hydrogen) atoms. The van der Waals surface area contributed by atoms with Crippen molar-refractivity contribution in [2.45, 2.75) is 27.3 Å². The third kappa shape index (κ3) is 4.59. The molecular formula is C19H21NO4. The number of hydrogen-bond acceptors (Lipinski definition) is 3. The van der Waals surface area contributed by atoms with Gasteiger partial charge in [0.25, 0.3) is 5.91 Å². The Hall–Kier alpha value is -2.82. The Morgan fingerprint density at radius 1 is 1.04 bits per heavy atom. The van der Waals surface area contributed by atoms with Crippen molar-refractivity contribution in [2.24, 2.45) is 0 Å². The predicted octanol–water partition coefficient (Wildman–Crippen LogP) is 3.01. The van der Waals surface area contributed by atoms with Crippen LogP contribution in [0.1, 0.15) is 32.6 Å². The highest BCUT2D eigenvalue weighted by atomic mass is 16.5. The van der Waals surface area contributed by atoms with Gasteiger partial charge in [-0.3, -0.25) is 4.79 Å². The van der Waals surface area contributed by atoms with Crippen LogP contribution in [0.2, 0.25) is 0 Å². The number of amides is 1. The summed E-state index contributed by atoms with van der Waals surface area (Å²) in [5.74, 6) is -0.457. The van der Waals surface area contributed by atoms with Crippen LogP contribution < -0.4 is 10.1 Å². The Bertz CT molecular complexity index is 727. The summed E-state index contributed by atoms with van der Waals surface area (Å²) in [6.07, 6.45) is 0. The first kappa shape index (κ1) is 17.5. The van der Waals surface area contributed by atoms with Gasteiger partial charge in [0.05, 0.1) is 5.56 Å². The number of carboxylic acids is 1. The van der Waals surface area contributed by atoms with Gasteiger partial charge < -0.3 is 15.2 Å². The summed E-state index contributed by atoms with van der Waals surface area (Å²) < 4.78 is 5.63. The third-order valence-corrected chi connectivity index (χ3v) is 3.64. The van der Waals surface area contributed by atoms with Crippen molar-refractivity contribution < 1.29 is 19.4 Å². The third-order valence-electron chi connectivity index (χ3n) is 3.64. The fraction of sp³-hybridized carbons (Fsp3) is 0.263. The van der Waals surface area contributed by atoms with Gasteiger partial charge in [-0.1, -0.05) is 29.8 Å². The highest BCUT2D eigenvalue weighted by Gasteiger charge is 2.08. The average Bonchev–Trinajstić information content (AvgIpc) is 2.52. The molecule has 126 valence electrons. The molecular weight excluding hydrogens is 306 g/mol. The van der Waals surface area contributed by atoms with Crippen LogP contribution in [0.4, 0.5) is 0 Å². The Morgan fingerprint density at radius 2 is 1.62 bits per heavy atom. The van der Waals surface area contributed by atoms with Crippen molar-refractivity contribution in [3.05, 3.63) is 64.2 Å². The van der Waals surface area contributed by atoms with Gasteiger partial charge in [0.15, 0.2) is 6.61 Å². The second-order valence-electron chi connectivity index (χ2n) is 5.80. The first-order valence-corrected chi connectivity index (χ1v) is 7.66. The normalized spacial score (nSPS) is 10.3. The molecule has 2 N–H and O–H groups in total. The Balaban J connectivity index is 1.87. The van der Waals surface area contributed by atoms with E-state index < -0.39 is 5.97 Å². The molecule has 0 aliphatic heterocycles. The van der Waals surface area contributed by atoms with E-state index in [4.69, 9.17) is 9.84 Å². The maximum Gasteiger partial charge on any atom is 0.335 e. The maximum absolute atomic E-state index is 11.9. The molecule has 0 heterocycles. The first-order chi connectivity index (χ1) is 11.4. The van der Waals surface area contributed by atoms with E-state index in [1.807, 2.05) is 32.9 Å². The summed E-state index contributed by atoms with van der Waals surface area (Å²) in [7, 11) is 0. The number of nitrogens with one attached hydrogen (secondary N) is 1. The average molecular weight is 327 g/mol. The second kappa shape index (κ2) is 7.64. The summed E-state index contributed by atoms with van der Waals surface area (Å²) in [6, 6.07) is 10.4. The molecule has 0 fully saturated rings. The van der Waals surface area contributed by atoms with Crippen LogP contribution in [-0.2, 0) is 11.3 Å². The fourth-order valence-corrected chi connectivity index (χ4v) is 2.55. The number of ether oxygens (including phenoxy) is 1. The molecule has 2 aromatic rings. The number of hydrogen-bond donors (Lipinski definition) is 2. The standard InChI is InChI=1S/C19H21NO4/c1-12-8-13(2)18(14(3)9-12)24-11-17(21)20-10-15-4-6-16(7-5-15)19(22)23/h4-9H,10-11H2,1-3H3,(H,20,21)(H,22,23). The van der Waals surface area contributed by atoms with Crippen LogP contribution in [0.15, 0.2) is 36.4 Å². The molecule has 5 nitrogen and oxygen atoms in total. The summed E-state index contributed by atoms with van der Waals surface area (Å²) in [5, 5.41) is 11.6. The summed E-state index contributed by atoms with van der Waals surface area (Å²) >= 11 is 0. The summed E-state index contributed by atoms with van der Waals surface area (Å²) in [5.41, 5.74) is 4.22. The van der Waals surface area contributed by atoms with Crippen LogP contribution in [-0.4, -0.2) is 23.6 Å². The van der Waals surface area contributed by atoms with Gasteiger partial charge in [-0.25, -0.2) is 4.79 Å². The first-order valence-electron chi connectivity index (χ1n) is 7.66. The largest absolute Gasteiger partial charge is 0.483 e. The van der Waals surface area contributed by atoms with E-state index in [0.29, 0.717) is 6.54 Å². The Labute approximate surface area is 141 Å². The molecule has 0 saturated heterocycles. The molecule has 0 bridgehead atoms. The molecule has 1 amide bonds. The van der Waals surface area contributed by atoms with Gasteiger partial charge in [-0.15, -0.1) is 0 Å². The summed E-state index contributed by atoms with van der Waals surface area (Å²) in [4.78, 5) is 22.7. The van der Waals surface area contributed by atoms with Crippen molar-refractivity contribution in [3.63, 3.8) is 0 Å². The molecule has 0 spiro atoms. The lowest BCUT2D eigenvalue weighted by Gasteiger charge is -2.13. The maximum atomic E-state index is 11.9. The van der Waals surface area contributed by atoms with Gasteiger partial charge in [-0.05, 0) is 49.6 Å². The highest BCUT2D eigenvalue weighted by molar-refractivity contribution is 5.87. The van der Waals surface area contributed by atoms with Gasteiger partial charge in [-0.2, -0.15) is 0 Å². The van der Waals surface area contributed by atoms with Gasteiger partial charge >= 0.3 is 5.97 Å². The Kier molecular flexibility index (Phi) is 5.58. The lowest BCUT2D eigenvalue weighted by molar-refractivity contribution is -0.123. The van der Waals surface area contributed by atoms with Gasteiger partial charge in [0.2, 0.25) is 0 Å². The molecule has 5 heteroatoms. The van der Waals surface area contributed by atoms with Crippen molar-refractivity contribution in [1.29, 1.82) is 0 Å². The van der Waals surface area contributed by atoms with E-state index in [-0.39, 0.29) is 18.1 Å². The highest BCUT2D eigenvalue weighted by Crippen LogP contribution is 2.24. The van der Waals surface area contributed by atoms with Crippen molar-refractivity contribution in [2.75, 3.05) is 6.61 Å². The molecule has 2 aromatic carbocycles. The molecule has 0 aromatic heterocycles. The molecule has 0 radical (unpaired) electrons. The zero-order valence-corrected chi connectivity index (χ0v) is 14.1. The summed E-state index contributed by atoms with van der Waals surface area (Å²) in [6.45, 7) is 6.20. The lowest BCUT2D eigenvalue weighted by atomic mass is 10.1. The minimum atomic E-state index is -0.970. The minimum absolute atomic E-state index is 0.0576. The minimum Gasteiger partial charge on any atom is -0.483 e. The van der Waals surface area contributed by atoms with Crippen LogP contribution in [0.5, 0.6) is 5.75 Å².